The van der Waals surface area contributed by atoms with E-state index in [1.807, 2.05) is 6.92 Å². The third-order valence-corrected chi connectivity index (χ3v) is 2.57. The van der Waals surface area contributed by atoms with E-state index in [4.69, 9.17) is 5.73 Å². The van der Waals surface area contributed by atoms with Crippen LogP contribution in [0.25, 0.3) is 0 Å². The Labute approximate surface area is 109 Å². The summed E-state index contributed by atoms with van der Waals surface area (Å²) in [6, 6.07) is 4.61. The molecule has 1 amide bonds. The van der Waals surface area contributed by atoms with Crippen molar-refractivity contribution in [2.75, 3.05) is 11.1 Å². The molecule has 0 saturated heterocycles. The Kier molecular flexibility index (Phi) is 3.65. The number of hydrogen-bond donors (Lipinski definition) is 2. The molecule has 7 nitrogen and oxygen atoms in total. The van der Waals surface area contributed by atoms with E-state index < -0.39 is 0 Å². The highest BCUT2D eigenvalue weighted by atomic mass is 16.2. The van der Waals surface area contributed by atoms with Gasteiger partial charge in [-0.2, -0.15) is 5.10 Å². The van der Waals surface area contributed by atoms with Crippen LogP contribution in [0.4, 0.5) is 11.5 Å². The van der Waals surface area contributed by atoms with Gasteiger partial charge < -0.3 is 15.6 Å². The highest BCUT2D eigenvalue weighted by Crippen LogP contribution is 2.04. The van der Waals surface area contributed by atoms with E-state index in [2.05, 4.69) is 10.4 Å². The van der Waals surface area contributed by atoms with Crippen LogP contribution in [0.5, 0.6) is 0 Å². The van der Waals surface area contributed by atoms with Gasteiger partial charge >= 0.3 is 0 Å². The summed E-state index contributed by atoms with van der Waals surface area (Å²) in [7, 11) is 0. The number of aryl methyl sites for hydroxylation is 1. The standard InChI is InChI=1S/C12H15N5O2/c1-2-16-7-9(3-4-12(16)19)14-11(18)8-17-6-5-10(13)15-17/h3-7H,2,8H2,1H3,(H2,13,15)(H,14,18). The van der Waals surface area contributed by atoms with Crippen LogP contribution in [0, 0.1) is 0 Å². The quantitative estimate of drug-likeness (QED) is 0.826. The number of nitrogens with two attached hydrogens (primary N) is 1. The molecule has 0 aliphatic rings. The Bertz CT molecular complexity index is 644. The van der Waals surface area contributed by atoms with Gasteiger partial charge in [0, 0.05) is 25.0 Å². The zero-order valence-corrected chi connectivity index (χ0v) is 10.5. The number of aromatic nitrogens is 3. The number of nitrogens with one attached hydrogen (secondary N) is 1. The second-order valence-electron chi connectivity index (χ2n) is 4.03. The lowest BCUT2D eigenvalue weighted by atomic mass is 10.4. The number of anilines is 2. The van der Waals surface area contributed by atoms with Gasteiger partial charge in [-0.15, -0.1) is 0 Å². The molecule has 0 atom stereocenters. The van der Waals surface area contributed by atoms with Gasteiger partial charge in [0.2, 0.25) is 5.91 Å². The predicted octanol–water partition coefficient (Wildman–Crippen LogP) is 0.286. The number of carbonyl (C=O) groups is 1. The molecule has 0 fully saturated rings. The van der Waals surface area contributed by atoms with Crippen LogP contribution in [0.1, 0.15) is 6.92 Å². The molecule has 0 radical (unpaired) electrons. The van der Waals surface area contributed by atoms with Crippen molar-refractivity contribution in [3.05, 3.63) is 40.9 Å². The van der Waals surface area contributed by atoms with Crippen molar-refractivity contribution >= 4 is 17.4 Å². The Morgan fingerprint density at radius 1 is 1.42 bits per heavy atom. The van der Waals surface area contributed by atoms with Crippen LogP contribution < -0.4 is 16.6 Å². The molecular formula is C12H15N5O2. The summed E-state index contributed by atoms with van der Waals surface area (Å²) in [5.41, 5.74) is 5.94. The van der Waals surface area contributed by atoms with E-state index in [1.165, 1.54) is 15.3 Å². The summed E-state index contributed by atoms with van der Waals surface area (Å²) in [5, 5.41) is 6.62. The fourth-order valence-corrected chi connectivity index (χ4v) is 1.67. The molecule has 0 spiro atoms. The van der Waals surface area contributed by atoms with Gasteiger partial charge in [-0.1, -0.05) is 0 Å². The molecule has 2 heterocycles. The first-order chi connectivity index (χ1) is 9.08. The minimum Gasteiger partial charge on any atom is -0.382 e. The second-order valence-corrected chi connectivity index (χ2v) is 4.03. The van der Waals surface area contributed by atoms with E-state index in [0.29, 0.717) is 18.1 Å². The van der Waals surface area contributed by atoms with Crippen molar-refractivity contribution in [3.8, 4) is 0 Å². The molecule has 100 valence electrons. The molecule has 2 rings (SSSR count). The SMILES string of the molecule is CCn1cc(NC(=O)Cn2ccc(N)n2)ccc1=O. The van der Waals surface area contributed by atoms with Gasteiger partial charge in [0.15, 0.2) is 0 Å². The first-order valence-corrected chi connectivity index (χ1v) is 5.88. The third-order valence-electron chi connectivity index (χ3n) is 2.57. The summed E-state index contributed by atoms with van der Waals surface area (Å²) in [5.74, 6) is 0.136. The largest absolute Gasteiger partial charge is 0.382 e. The number of amides is 1. The monoisotopic (exact) mass is 261 g/mol. The molecule has 0 aliphatic carbocycles. The number of nitrogens with zero attached hydrogens (tertiary/aromatic N) is 3. The zero-order valence-electron chi connectivity index (χ0n) is 10.5. The maximum Gasteiger partial charge on any atom is 0.250 e. The molecule has 2 aromatic rings. The van der Waals surface area contributed by atoms with Gasteiger partial charge in [0.05, 0.1) is 5.69 Å². The smallest absolute Gasteiger partial charge is 0.250 e. The fourth-order valence-electron chi connectivity index (χ4n) is 1.67. The van der Waals surface area contributed by atoms with Crippen LogP contribution in [0.3, 0.4) is 0 Å². The zero-order chi connectivity index (χ0) is 13.8. The molecule has 0 saturated carbocycles. The van der Waals surface area contributed by atoms with Crippen LogP contribution in [-0.4, -0.2) is 20.3 Å². The molecular weight excluding hydrogens is 246 g/mol. The van der Waals surface area contributed by atoms with E-state index in [-0.39, 0.29) is 18.0 Å². The van der Waals surface area contributed by atoms with E-state index in [9.17, 15) is 9.59 Å². The maximum atomic E-state index is 11.8. The van der Waals surface area contributed by atoms with Crippen LogP contribution in [-0.2, 0) is 17.9 Å². The first-order valence-electron chi connectivity index (χ1n) is 5.88. The molecule has 0 unspecified atom stereocenters. The number of carbonyl (C=O) groups excluding carboxylic acids is 1. The minimum absolute atomic E-state index is 0.0719. The third kappa shape index (κ3) is 3.21. The molecule has 2 aromatic heterocycles. The van der Waals surface area contributed by atoms with Gasteiger partial charge in [-0.05, 0) is 19.1 Å². The van der Waals surface area contributed by atoms with E-state index in [1.54, 1.807) is 24.5 Å². The number of nitrogen functional groups attached to an aromatic ring is 1. The number of rotatable bonds is 4. The molecule has 0 aliphatic heterocycles. The molecule has 19 heavy (non-hydrogen) atoms. The van der Waals surface area contributed by atoms with Crippen molar-refractivity contribution in [3.63, 3.8) is 0 Å². The maximum absolute atomic E-state index is 11.8. The first kappa shape index (κ1) is 12.9. The Morgan fingerprint density at radius 3 is 2.84 bits per heavy atom. The highest BCUT2D eigenvalue weighted by Gasteiger charge is 2.05. The molecule has 7 heteroatoms. The Morgan fingerprint density at radius 2 is 2.21 bits per heavy atom. The Balaban J connectivity index is 2.04. The molecule has 3 N–H and O–H groups in total. The van der Waals surface area contributed by atoms with Crippen LogP contribution >= 0.6 is 0 Å². The van der Waals surface area contributed by atoms with Crippen molar-refractivity contribution in [1.29, 1.82) is 0 Å². The summed E-state index contributed by atoms with van der Waals surface area (Å²) >= 11 is 0. The Hall–Kier alpha value is -2.57. The van der Waals surface area contributed by atoms with Gasteiger partial charge in [-0.25, -0.2) is 0 Å². The van der Waals surface area contributed by atoms with Crippen molar-refractivity contribution in [1.82, 2.24) is 14.3 Å². The van der Waals surface area contributed by atoms with Crippen LogP contribution in [0.15, 0.2) is 35.4 Å². The summed E-state index contributed by atoms with van der Waals surface area (Å²) in [6.07, 6.45) is 3.24. The van der Waals surface area contributed by atoms with Gasteiger partial charge in [0.25, 0.3) is 5.56 Å². The predicted molar refractivity (Wildman–Crippen MR) is 71.6 cm³/mol. The number of hydrogen-bond acceptors (Lipinski definition) is 4. The van der Waals surface area contributed by atoms with E-state index in [0.717, 1.165) is 0 Å². The highest BCUT2D eigenvalue weighted by molar-refractivity contribution is 5.90. The minimum atomic E-state index is -0.232. The lowest BCUT2D eigenvalue weighted by Crippen LogP contribution is -2.22. The lowest BCUT2D eigenvalue weighted by Gasteiger charge is -2.07. The lowest BCUT2D eigenvalue weighted by molar-refractivity contribution is -0.116. The summed E-state index contributed by atoms with van der Waals surface area (Å²) < 4.78 is 2.96. The summed E-state index contributed by atoms with van der Waals surface area (Å²) in [6.45, 7) is 2.49. The average molecular weight is 261 g/mol. The van der Waals surface area contributed by atoms with Gasteiger partial charge in [0.1, 0.15) is 12.4 Å². The second kappa shape index (κ2) is 5.38. The summed E-state index contributed by atoms with van der Waals surface area (Å²) in [4.78, 5) is 23.2. The molecule has 0 aromatic carbocycles. The normalized spacial score (nSPS) is 10.4. The fraction of sp³-hybridized carbons (Fsp3) is 0.250. The topological polar surface area (TPSA) is 94.9 Å². The van der Waals surface area contributed by atoms with Gasteiger partial charge in [-0.3, -0.25) is 14.3 Å². The van der Waals surface area contributed by atoms with Crippen molar-refractivity contribution < 1.29 is 4.79 Å². The average Bonchev–Trinajstić information content (AvgIpc) is 2.77. The van der Waals surface area contributed by atoms with Crippen LogP contribution in [0.2, 0.25) is 0 Å². The van der Waals surface area contributed by atoms with E-state index >= 15 is 0 Å². The van der Waals surface area contributed by atoms with Crippen molar-refractivity contribution in [2.24, 2.45) is 0 Å². The van der Waals surface area contributed by atoms with Crippen molar-refractivity contribution in [2.45, 2.75) is 20.0 Å². The number of pyridine rings is 1. The molecule has 0 bridgehead atoms.